The first-order chi connectivity index (χ1) is 12.6. The van der Waals surface area contributed by atoms with Gasteiger partial charge < -0.3 is 14.8 Å². The molecule has 2 heterocycles. The zero-order valence-corrected chi connectivity index (χ0v) is 15.5. The Hall–Kier alpha value is -2.37. The molecule has 0 saturated carbocycles. The van der Waals surface area contributed by atoms with Crippen molar-refractivity contribution in [3.63, 3.8) is 0 Å². The van der Waals surface area contributed by atoms with Gasteiger partial charge in [0.25, 0.3) is 5.56 Å². The van der Waals surface area contributed by atoms with Gasteiger partial charge in [0.05, 0.1) is 47.8 Å². The quantitative estimate of drug-likeness (QED) is 0.743. The number of nitrogens with one attached hydrogen (secondary N) is 2. The number of quaternary nitrogens is 1. The van der Waals surface area contributed by atoms with Gasteiger partial charge in [0.15, 0.2) is 5.82 Å². The zero-order valence-electron chi connectivity index (χ0n) is 14.7. The molecule has 5 nitrogen and oxygen atoms in total. The van der Waals surface area contributed by atoms with Gasteiger partial charge in [-0.15, -0.1) is 0 Å². The van der Waals surface area contributed by atoms with Crippen LogP contribution in [0.5, 0.6) is 0 Å². The van der Waals surface area contributed by atoms with E-state index in [1.807, 2.05) is 42.5 Å². The molecule has 1 aliphatic rings. The van der Waals surface area contributed by atoms with Gasteiger partial charge in [0.1, 0.15) is 6.04 Å². The summed E-state index contributed by atoms with van der Waals surface area (Å²) in [7, 11) is 0. The fourth-order valence-corrected chi connectivity index (χ4v) is 3.93. The molecule has 1 aromatic heterocycles. The van der Waals surface area contributed by atoms with Crippen LogP contribution in [0, 0.1) is 0 Å². The molecule has 0 amide bonds. The van der Waals surface area contributed by atoms with E-state index in [4.69, 9.17) is 16.6 Å². The molecule has 2 aromatic carbocycles. The molecule has 3 aromatic rings. The number of hydrogen-bond acceptors (Lipinski definition) is 3. The van der Waals surface area contributed by atoms with Crippen molar-refractivity contribution in [1.82, 2.24) is 9.97 Å². The Morgan fingerprint density at radius 3 is 2.58 bits per heavy atom. The SMILES string of the molecule is C[C@H](c1nc2ccccc2c(=O)[nH]1)[NH+]1CCN(c2ccccc2Cl)CC1. The fourth-order valence-electron chi connectivity index (χ4n) is 3.68. The third-order valence-electron chi connectivity index (χ3n) is 5.25. The summed E-state index contributed by atoms with van der Waals surface area (Å²) < 4.78 is 0. The maximum absolute atomic E-state index is 12.3. The van der Waals surface area contributed by atoms with Crippen LogP contribution >= 0.6 is 11.6 Å². The maximum Gasteiger partial charge on any atom is 0.258 e. The van der Waals surface area contributed by atoms with E-state index in [9.17, 15) is 4.79 Å². The minimum atomic E-state index is -0.0634. The number of H-pyrrole nitrogens is 1. The Labute approximate surface area is 157 Å². The van der Waals surface area contributed by atoms with Crippen molar-refractivity contribution in [3.05, 3.63) is 69.7 Å². The molecule has 1 aliphatic heterocycles. The number of aromatic nitrogens is 2. The molecule has 0 unspecified atom stereocenters. The van der Waals surface area contributed by atoms with Gasteiger partial charge in [-0.05, 0) is 31.2 Å². The van der Waals surface area contributed by atoms with Gasteiger partial charge in [-0.2, -0.15) is 0 Å². The minimum Gasteiger partial charge on any atom is -0.359 e. The van der Waals surface area contributed by atoms with Crippen LogP contribution in [0.1, 0.15) is 18.8 Å². The Kier molecular flexibility index (Phi) is 4.66. The summed E-state index contributed by atoms with van der Waals surface area (Å²) in [5.74, 6) is 0.759. The van der Waals surface area contributed by atoms with Crippen molar-refractivity contribution in [2.45, 2.75) is 13.0 Å². The fraction of sp³-hybridized carbons (Fsp3) is 0.300. The highest BCUT2D eigenvalue weighted by Gasteiger charge is 2.28. The van der Waals surface area contributed by atoms with Crippen molar-refractivity contribution < 1.29 is 4.90 Å². The van der Waals surface area contributed by atoms with E-state index in [2.05, 4.69) is 22.9 Å². The largest absolute Gasteiger partial charge is 0.359 e. The Balaban J connectivity index is 1.51. The third kappa shape index (κ3) is 3.20. The topological polar surface area (TPSA) is 53.4 Å². The van der Waals surface area contributed by atoms with E-state index < -0.39 is 0 Å². The summed E-state index contributed by atoms with van der Waals surface area (Å²) in [6, 6.07) is 15.6. The van der Waals surface area contributed by atoms with Crippen LogP contribution in [0.4, 0.5) is 5.69 Å². The smallest absolute Gasteiger partial charge is 0.258 e. The number of piperazine rings is 1. The Bertz CT molecular complexity index is 979. The molecule has 1 fully saturated rings. The highest BCUT2D eigenvalue weighted by atomic mass is 35.5. The average molecular weight is 370 g/mol. The lowest BCUT2D eigenvalue weighted by Crippen LogP contribution is -3.14. The van der Waals surface area contributed by atoms with E-state index >= 15 is 0 Å². The third-order valence-corrected chi connectivity index (χ3v) is 5.57. The van der Waals surface area contributed by atoms with Crippen LogP contribution in [0.15, 0.2) is 53.3 Å². The summed E-state index contributed by atoms with van der Waals surface area (Å²) in [5.41, 5.74) is 1.79. The second kappa shape index (κ2) is 7.09. The number of hydrogen-bond donors (Lipinski definition) is 2. The van der Waals surface area contributed by atoms with Crippen LogP contribution in [-0.4, -0.2) is 36.1 Å². The zero-order chi connectivity index (χ0) is 18.1. The molecule has 1 atom stereocenters. The number of halogens is 1. The van der Waals surface area contributed by atoms with Crippen LogP contribution < -0.4 is 15.4 Å². The lowest BCUT2D eigenvalue weighted by atomic mass is 10.2. The molecular formula is C20H22ClN4O+. The van der Waals surface area contributed by atoms with Crippen molar-refractivity contribution in [1.29, 1.82) is 0 Å². The van der Waals surface area contributed by atoms with Gasteiger partial charge in [-0.1, -0.05) is 35.9 Å². The van der Waals surface area contributed by atoms with Crippen molar-refractivity contribution in [2.24, 2.45) is 0 Å². The second-order valence-corrected chi connectivity index (χ2v) is 7.19. The van der Waals surface area contributed by atoms with Crippen LogP contribution in [0.3, 0.4) is 0 Å². The van der Waals surface area contributed by atoms with E-state index in [0.29, 0.717) is 5.39 Å². The van der Waals surface area contributed by atoms with Crippen molar-refractivity contribution in [2.75, 3.05) is 31.1 Å². The van der Waals surface area contributed by atoms with Crippen molar-refractivity contribution in [3.8, 4) is 0 Å². The van der Waals surface area contributed by atoms with Crippen LogP contribution in [-0.2, 0) is 0 Å². The molecule has 0 spiro atoms. The number of para-hydroxylation sites is 2. The number of nitrogens with zero attached hydrogens (tertiary/aromatic N) is 2. The number of benzene rings is 2. The second-order valence-electron chi connectivity index (χ2n) is 6.79. The summed E-state index contributed by atoms with van der Waals surface area (Å²) in [5, 5.41) is 1.44. The standard InChI is InChI=1S/C20H21ClN4O/c1-14(19-22-17-8-4-2-6-15(17)20(26)23-19)24-10-12-25(13-11-24)18-9-5-3-7-16(18)21/h2-9,14H,10-13H2,1H3,(H,22,23,26)/p+1/t14-/m1/s1. The van der Waals surface area contributed by atoms with Gasteiger partial charge in [0.2, 0.25) is 0 Å². The average Bonchev–Trinajstić information content (AvgIpc) is 2.68. The highest BCUT2D eigenvalue weighted by Crippen LogP contribution is 2.25. The lowest BCUT2D eigenvalue weighted by Gasteiger charge is -2.36. The predicted octanol–water partition coefficient (Wildman–Crippen LogP) is 2.04. The Morgan fingerprint density at radius 1 is 1.12 bits per heavy atom. The molecule has 134 valence electrons. The van der Waals surface area contributed by atoms with Crippen LogP contribution in [0.25, 0.3) is 10.9 Å². The van der Waals surface area contributed by atoms with Gasteiger partial charge in [0, 0.05) is 0 Å². The first-order valence-corrected chi connectivity index (χ1v) is 9.34. The van der Waals surface area contributed by atoms with E-state index in [-0.39, 0.29) is 11.6 Å². The maximum atomic E-state index is 12.3. The molecule has 26 heavy (non-hydrogen) atoms. The van der Waals surface area contributed by atoms with Crippen LogP contribution in [0.2, 0.25) is 5.02 Å². The molecule has 2 N–H and O–H groups in total. The highest BCUT2D eigenvalue weighted by molar-refractivity contribution is 6.33. The normalized spacial score (nSPS) is 16.8. The monoisotopic (exact) mass is 369 g/mol. The van der Waals surface area contributed by atoms with Gasteiger partial charge >= 0.3 is 0 Å². The van der Waals surface area contributed by atoms with E-state index in [1.165, 1.54) is 4.90 Å². The molecule has 6 heteroatoms. The molecular weight excluding hydrogens is 348 g/mol. The summed E-state index contributed by atoms with van der Waals surface area (Å²) >= 11 is 6.33. The van der Waals surface area contributed by atoms with E-state index in [0.717, 1.165) is 48.2 Å². The minimum absolute atomic E-state index is 0.0634. The lowest BCUT2D eigenvalue weighted by molar-refractivity contribution is -0.930. The van der Waals surface area contributed by atoms with E-state index in [1.54, 1.807) is 0 Å². The number of aromatic amines is 1. The molecule has 4 rings (SSSR count). The van der Waals surface area contributed by atoms with Crippen molar-refractivity contribution >= 4 is 28.2 Å². The first kappa shape index (κ1) is 17.1. The number of rotatable bonds is 3. The summed E-state index contributed by atoms with van der Waals surface area (Å²) in [6.45, 7) is 5.95. The number of fused-ring (bicyclic) bond motifs is 1. The summed E-state index contributed by atoms with van der Waals surface area (Å²) in [6.07, 6.45) is 0. The predicted molar refractivity (Wildman–Crippen MR) is 105 cm³/mol. The molecule has 0 aliphatic carbocycles. The Morgan fingerprint density at radius 2 is 1.81 bits per heavy atom. The van der Waals surface area contributed by atoms with Gasteiger partial charge in [-0.25, -0.2) is 4.98 Å². The first-order valence-electron chi connectivity index (χ1n) is 8.96. The van der Waals surface area contributed by atoms with Gasteiger partial charge in [-0.3, -0.25) is 4.79 Å². The molecule has 0 radical (unpaired) electrons. The molecule has 1 saturated heterocycles. The molecule has 0 bridgehead atoms. The number of anilines is 1. The summed E-state index contributed by atoms with van der Waals surface area (Å²) in [4.78, 5) is 23.8.